The summed E-state index contributed by atoms with van der Waals surface area (Å²) >= 11 is 6.31. The molecule has 5 aromatic rings. The van der Waals surface area contributed by atoms with Crippen molar-refractivity contribution in [3.63, 3.8) is 0 Å². The number of hydrogen-bond acceptors (Lipinski definition) is 20. The van der Waals surface area contributed by atoms with Gasteiger partial charge in [-0.05, 0) is 136 Å². The molecule has 0 aliphatic carbocycles. The van der Waals surface area contributed by atoms with Gasteiger partial charge < -0.3 is 110 Å². The highest BCUT2D eigenvalue weighted by molar-refractivity contribution is 6.30. The molecular formula is C91H129ClN20O18. The molecule has 5 saturated heterocycles. The third-order valence-electron chi connectivity index (χ3n) is 25.2. The summed E-state index contributed by atoms with van der Waals surface area (Å²) in [7, 11) is 2.82. The van der Waals surface area contributed by atoms with Gasteiger partial charge in [-0.3, -0.25) is 81.6 Å². The summed E-state index contributed by atoms with van der Waals surface area (Å²) in [6, 6.07) is 1.62. The average Bonchev–Trinajstić information content (AvgIpc) is 1.52. The minimum atomic E-state index is -1.84. The topological polar surface area (TPSA) is 554 Å². The number of aliphatic carboxylic acids is 1. The second-order valence-electron chi connectivity index (χ2n) is 35.8. The molecular weight excluding hydrogens is 1700 g/mol. The van der Waals surface area contributed by atoms with Crippen LogP contribution < -0.4 is 65.5 Å². The van der Waals surface area contributed by atoms with Crippen LogP contribution >= 0.6 is 11.6 Å². The van der Waals surface area contributed by atoms with Crippen LogP contribution in [0.25, 0.3) is 21.8 Å². The molecule has 39 heteroatoms. The Labute approximate surface area is 760 Å². The number of carbonyl (C=O) groups is 16. The van der Waals surface area contributed by atoms with Gasteiger partial charge in [0.1, 0.15) is 79.0 Å². The molecule has 15 amide bonds. The van der Waals surface area contributed by atoms with Crippen LogP contribution in [0.15, 0.2) is 85.2 Å². The summed E-state index contributed by atoms with van der Waals surface area (Å²) in [6.45, 7) is 9.06. The molecule has 5 aliphatic rings. The number of rotatable bonds is 23. The number of fused-ring (bicyclic) bond motifs is 4. The van der Waals surface area contributed by atoms with Gasteiger partial charge in [-0.25, -0.2) is 0 Å². The number of aromatic nitrogens is 2. The number of benzene rings is 3. The van der Waals surface area contributed by atoms with Crippen LogP contribution in [0.3, 0.4) is 0 Å². The number of H-pyrrole nitrogens is 1. The summed E-state index contributed by atoms with van der Waals surface area (Å²) in [6.07, 6.45) is 2.86. The molecule has 15 atom stereocenters. The van der Waals surface area contributed by atoms with Gasteiger partial charge in [-0.1, -0.05) is 127 Å². The number of aromatic amines is 1. The summed E-state index contributed by atoms with van der Waals surface area (Å²) in [5.74, 6) is -14.1. The van der Waals surface area contributed by atoms with Crippen molar-refractivity contribution in [2.75, 3.05) is 53.4 Å². The molecule has 130 heavy (non-hydrogen) atoms. The maximum Gasteiger partial charge on any atom is 0.323 e. The first-order valence-corrected chi connectivity index (χ1v) is 45.7. The van der Waals surface area contributed by atoms with Gasteiger partial charge in [0, 0.05) is 112 Å². The average molecular weight is 1830 g/mol. The zero-order chi connectivity index (χ0) is 94.7. The first kappa shape index (κ1) is 101. The largest absolute Gasteiger partial charge is 0.480 e. The summed E-state index contributed by atoms with van der Waals surface area (Å²) < 4.78 is 1.47. The van der Waals surface area contributed by atoms with E-state index in [9.17, 15) is 43.8 Å². The number of unbranched alkanes of at least 4 members (excludes halogenated alkanes) is 2. The number of para-hydroxylation sites is 2. The quantitative estimate of drug-likeness (QED) is 0.0400. The lowest BCUT2D eigenvalue weighted by Crippen LogP contribution is -2.61. The van der Waals surface area contributed by atoms with Crippen molar-refractivity contribution in [1.82, 2.24) is 81.5 Å². The number of carbonyl (C=O) groups excluding carboxylic acids is 15. The van der Waals surface area contributed by atoms with E-state index in [1.165, 1.54) is 33.4 Å². The van der Waals surface area contributed by atoms with E-state index in [0.717, 1.165) is 14.7 Å². The van der Waals surface area contributed by atoms with Crippen LogP contribution in [0.2, 0.25) is 5.02 Å². The predicted octanol–water partition coefficient (Wildman–Crippen LogP) is 0.701. The van der Waals surface area contributed by atoms with Gasteiger partial charge in [0.05, 0.1) is 18.6 Å². The van der Waals surface area contributed by atoms with Crippen LogP contribution in [-0.4, -0.2) is 287 Å². The van der Waals surface area contributed by atoms with E-state index in [0.29, 0.717) is 82.0 Å². The smallest absolute Gasteiger partial charge is 0.323 e. The van der Waals surface area contributed by atoms with E-state index in [4.69, 9.17) is 34.5 Å². The summed E-state index contributed by atoms with van der Waals surface area (Å²) in [4.78, 5) is 248. The summed E-state index contributed by atoms with van der Waals surface area (Å²) in [5, 5.41) is 45.5. The van der Waals surface area contributed by atoms with E-state index in [-0.39, 0.29) is 128 Å². The fourth-order valence-electron chi connectivity index (χ4n) is 18.3. The lowest BCUT2D eigenvalue weighted by atomic mass is 9.97. The number of nitrogens with one attached hydrogen (secondary N) is 9. The molecule has 0 saturated carbocycles. The normalized spacial score (nSPS) is 26.8. The lowest BCUT2D eigenvalue weighted by molar-refractivity contribution is -0.149. The van der Waals surface area contributed by atoms with E-state index < -0.39 is 211 Å². The van der Waals surface area contributed by atoms with Crippen molar-refractivity contribution in [2.24, 2.45) is 34.8 Å². The van der Waals surface area contributed by atoms with Crippen molar-refractivity contribution in [2.45, 2.75) is 273 Å². The molecule has 5 aliphatic heterocycles. The van der Waals surface area contributed by atoms with E-state index in [1.54, 1.807) is 99.0 Å². The second-order valence-corrected chi connectivity index (χ2v) is 36.2. The number of nitrogens with zero attached hydrogens (tertiary/aromatic N) is 7. The highest BCUT2D eigenvalue weighted by atomic mass is 35.5. The maximum absolute atomic E-state index is 15.9. The summed E-state index contributed by atoms with van der Waals surface area (Å²) in [5.41, 5.74) is 25.8. The molecule has 19 N–H and O–H groups in total. The molecule has 3 aromatic carbocycles. The first-order chi connectivity index (χ1) is 61.9. The Morgan fingerprint density at radius 3 is 1.81 bits per heavy atom. The Kier molecular flexibility index (Phi) is 35.4. The van der Waals surface area contributed by atoms with Gasteiger partial charge in [-0.15, -0.1) is 0 Å². The van der Waals surface area contributed by atoms with E-state index in [2.05, 4.69) is 47.5 Å². The molecule has 0 bridgehead atoms. The monoisotopic (exact) mass is 1820 g/mol. The van der Waals surface area contributed by atoms with Crippen LogP contribution in [0.4, 0.5) is 0 Å². The Morgan fingerprint density at radius 1 is 0.554 bits per heavy atom. The van der Waals surface area contributed by atoms with Crippen molar-refractivity contribution >= 4 is 128 Å². The van der Waals surface area contributed by atoms with Gasteiger partial charge >= 0.3 is 5.97 Å². The van der Waals surface area contributed by atoms with Crippen LogP contribution in [0, 0.1) is 11.8 Å². The Bertz CT molecular complexity index is 4950. The number of halogens is 1. The molecule has 10 rings (SSSR count). The van der Waals surface area contributed by atoms with Gasteiger partial charge in [0.25, 0.3) is 5.91 Å². The molecule has 1 spiro atoms. The molecule has 0 radical (unpaired) electrons. The number of nitrogens with two attached hydrogens (primary N) is 4. The third-order valence-corrected chi connectivity index (χ3v) is 25.5. The van der Waals surface area contributed by atoms with Gasteiger partial charge in [0.2, 0.25) is 82.7 Å². The number of hydrogen-bond donors (Lipinski definition) is 15. The SMILES string of the molecule is CCCC[C@H]1C(=O)N(C)[C@@H](CCCC)C(=O)N[C@@H](CC(C)C)C(=O)NCCC[C@@H](N)C(=O)N[C@@H](Cc2ccc(Cl)cc2)C(=O)N2CCCC[C@@]23C(=O)N3[C@@H](CC(N)=O)C(=O)N2CCC[C@H]2C(=O)N[C@@H](CN)C(=O)N[C@@H](CC(C)C)C(=O)N2C[C@H](O)C[C@H]2C(=O)N[C@@H](Cc2c[nH]c3ccccc23)C(=O)N[C@@H](CCN)C(=O)N[C@@H](Cc2cn(CC(=O)O)c3ccccc23)C(=O)N1C. The van der Waals surface area contributed by atoms with Gasteiger partial charge in [-0.2, -0.15) is 0 Å². The number of aliphatic hydroxyl groups is 1. The Morgan fingerprint density at radius 2 is 1.14 bits per heavy atom. The number of amides is 15. The van der Waals surface area contributed by atoms with Gasteiger partial charge in [0.15, 0.2) is 5.66 Å². The molecule has 0 unspecified atom stereocenters. The zero-order valence-corrected chi connectivity index (χ0v) is 76.1. The highest BCUT2D eigenvalue weighted by Crippen LogP contribution is 2.48. The lowest BCUT2D eigenvalue weighted by Gasteiger charge is -2.39. The van der Waals surface area contributed by atoms with Crippen molar-refractivity contribution in [1.29, 1.82) is 0 Å². The first-order valence-electron chi connectivity index (χ1n) is 45.4. The second kappa shape index (κ2) is 45.8. The fraction of sp³-hybridized carbons (Fsp3) is 0.582. The standard InChI is InChI=1S/C91H129ClN20O18/c1-9-11-25-70-82(122)100-63(39-51(3)4)78(118)97-36-19-23-60(95)77(117)102-66(41-53-29-31-56(92)32-30-53)87(127)111-38-18-17-34-91(111)90(130)112(91)74(45-75(96)114)89(129)109-37-20-28-71(109)83(123)105-68(46-94)81(121)103-65(40-52(5)6)86(126)110-49-57(113)44-73(110)84(124)101-64(42-54-47-98-61-24-15-13-21-58(54)61)80(120)99-62(33-35-93)79(119)104-67(85(125)107(8)72(26-12-10-2)88(128)106(70)7)43-55-48-108(50-76(115)116)69-27-16-14-22-59(55)69/h13-16,21-22,24,27,29-32,47-48,51-52,57,60,62-68,70-74,98,113H,9-12,17-20,23,25-26,28,33-46,49-50,93-95H2,1-8H3,(H2,96,114)(H,97,118)(H,99,120)(H,100,122)(H,101,124)(H,102,117)(H,103,121)(H,104,119)(H,105,123)(H,115,116)/t57-,60-,62+,63+,64+,65+,66+,67+,68+,70+,71+,72+,73+,74+,91-,112?/m1/s1. The number of carboxylic acid groups (broad SMARTS) is 1. The van der Waals surface area contributed by atoms with E-state index in [1.807, 2.05) is 27.7 Å². The predicted molar refractivity (Wildman–Crippen MR) is 482 cm³/mol. The number of aliphatic hydroxyl groups excluding tert-OH is 1. The number of piperidine rings is 1. The molecule has 708 valence electrons. The minimum Gasteiger partial charge on any atom is -0.480 e. The molecule has 2 aromatic heterocycles. The maximum atomic E-state index is 15.9. The van der Waals surface area contributed by atoms with Crippen molar-refractivity contribution in [3.05, 3.63) is 107 Å². The Hall–Kier alpha value is -11.6. The van der Waals surface area contributed by atoms with E-state index >= 15 is 43.2 Å². The minimum absolute atomic E-state index is 0.0163. The zero-order valence-electron chi connectivity index (χ0n) is 75.4. The van der Waals surface area contributed by atoms with Crippen molar-refractivity contribution < 1.29 is 86.9 Å². The fourth-order valence-corrected chi connectivity index (χ4v) is 18.5. The highest BCUT2D eigenvalue weighted by Gasteiger charge is 2.72. The number of likely N-dealkylation sites (N-methyl/N-ethyl adjacent to an activating group) is 2. The molecule has 5 fully saturated rings. The number of carboxylic acids is 1. The van der Waals surface area contributed by atoms with Crippen LogP contribution in [0.5, 0.6) is 0 Å². The Balaban J connectivity index is 1.01. The third kappa shape index (κ3) is 24.5. The molecule has 7 heterocycles. The van der Waals surface area contributed by atoms with Crippen LogP contribution in [-0.2, 0) is 103 Å². The number of primary amides is 1. The van der Waals surface area contributed by atoms with Crippen LogP contribution in [0.1, 0.15) is 174 Å². The molecule has 38 nitrogen and oxygen atoms in total. The van der Waals surface area contributed by atoms with Crippen molar-refractivity contribution in [3.8, 4) is 0 Å².